The van der Waals surface area contributed by atoms with Crippen molar-refractivity contribution in [2.45, 2.75) is 34.5 Å². The van der Waals surface area contributed by atoms with E-state index in [1.54, 1.807) is 29.7 Å². The standard InChI is InChI=1S/C23H17N4OS.C12H10N.Ir/c1-11-8-17-15-6-5-7-16(21(15)28-23(17)25-13(11)3)18-9-20-19(10-24-18)26-22-12(2)14(4)29-27(20)22;1-10-7-8-12(13-9-10)11-5-3-2-4-6-11;/h5-6,8-10H,1-4H3;2-5,7-9H,1H3;/q2*-1;/i;1D3;. The number of furan rings is 1. The number of aryl methyl sites for hydroxylation is 5. The summed E-state index contributed by atoms with van der Waals surface area (Å²) in [7, 11) is 0. The Morgan fingerprint density at radius 3 is 2.51 bits per heavy atom. The summed E-state index contributed by atoms with van der Waals surface area (Å²) < 4.78 is 30.1. The Labute approximate surface area is 271 Å². The minimum absolute atomic E-state index is 0. The van der Waals surface area contributed by atoms with E-state index in [0.717, 1.165) is 66.8 Å². The van der Waals surface area contributed by atoms with Crippen LogP contribution in [0.5, 0.6) is 0 Å². The van der Waals surface area contributed by atoms with Crippen molar-refractivity contribution < 1.29 is 28.6 Å². The fourth-order valence-electron chi connectivity index (χ4n) is 4.94. The molecule has 6 heterocycles. The molecule has 2 aromatic carbocycles. The van der Waals surface area contributed by atoms with Crippen molar-refractivity contribution in [3.8, 4) is 22.5 Å². The molecule has 6 nitrogen and oxygen atoms in total. The summed E-state index contributed by atoms with van der Waals surface area (Å²) in [4.78, 5) is 19.5. The molecule has 8 rings (SSSR count). The van der Waals surface area contributed by atoms with E-state index in [9.17, 15) is 0 Å². The van der Waals surface area contributed by atoms with Crippen molar-refractivity contribution >= 4 is 50.3 Å². The summed E-state index contributed by atoms with van der Waals surface area (Å²) >= 11 is 1.71. The van der Waals surface area contributed by atoms with Crippen molar-refractivity contribution in [1.29, 1.82) is 0 Å². The Bertz CT molecular complexity index is 2360. The zero-order chi connectivity index (χ0) is 31.5. The molecule has 0 fully saturated rings. The van der Waals surface area contributed by atoms with E-state index in [4.69, 9.17) is 13.5 Å². The average Bonchev–Trinajstić information content (AvgIpc) is 3.67. The first-order chi connectivity index (χ1) is 21.6. The maximum Gasteiger partial charge on any atom is 0.216 e. The Morgan fingerprint density at radius 2 is 1.74 bits per heavy atom. The van der Waals surface area contributed by atoms with Crippen LogP contribution in [0.2, 0.25) is 0 Å². The summed E-state index contributed by atoms with van der Waals surface area (Å²) in [5.74, 6) is 0. The minimum atomic E-state index is -2.09. The zero-order valence-electron chi connectivity index (χ0n) is 26.8. The number of benzene rings is 2. The number of aromatic nitrogens is 5. The van der Waals surface area contributed by atoms with Crippen LogP contribution in [0.25, 0.3) is 61.3 Å². The van der Waals surface area contributed by atoms with Gasteiger partial charge in [0.2, 0.25) is 5.71 Å². The van der Waals surface area contributed by atoms with Crippen LogP contribution in [-0.4, -0.2) is 23.7 Å². The van der Waals surface area contributed by atoms with Gasteiger partial charge in [0.1, 0.15) is 5.52 Å². The van der Waals surface area contributed by atoms with Crippen LogP contribution >= 0.6 is 11.5 Å². The normalized spacial score (nSPS) is 12.5. The van der Waals surface area contributed by atoms with Crippen LogP contribution in [0.15, 0.2) is 77.5 Å². The molecule has 8 heteroatoms. The number of pyridine rings is 3. The quantitative estimate of drug-likeness (QED) is 0.165. The van der Waals surface area contributed by atoms with Gasteiger partial charge in [0.15, 0.2) is 5.65 Å². The predicted molar refractivity (Wildman–Crippen MR) is 170 cm³/mol. The Kier molecular flexibility index (Phi) is 6.73. The molecule has 0 saturated heterocycles. The molecule has 6 aromatic heterocycles. The molecule has 0 N–H and O–H groups in total. The second-order valence-electron chi connectivity index (χ2n) is 10.2. The first-order valence-electron chi connectivity index (χ1n) is 15.0. The van der Waals surface area contributed by atoms with Gasteiger partial charge in [-0.1, -0.05) is 40.7 Å². The van der Waals surface area contributed by atoms with E-state index in [0.29, 0.717) is 5.71 Å². The van der Waals surface area contributed by atoms with Gasteiger partial charge in [0.05, 0.1) is 11.1 Å². The molecule has 0 aliphatic rings. The van der Waals surface area contributed by atoms with Crippen LogP contribution in [0, 0.1) is 46.7 Å². The Hall–Kier alpha value is -4.23. The molecule has 0 atom stereocenters. The molecule has 0 spiro atoms. The first kappa shape index (κ1) is 25.3. The first-order valence-corrected chi connectivity index (χ1v) is 14.3. The Morgan fingerprint density at radius 1 is 0.884 bits per heavy atom. The maximum absolute atomic E-state index is 7.23. The van der Waals surface area contributed by atoms with Crippen molar-refractivity contribution in [2.75, 3.05) is 0 Å². The van der Waals surface area contributed by atoms with Gasteiger partial charge >= 0.3 is 0 Å². The molecule has 215 valence electrons. The SMILES string of the molecule is Cc1cc2c(nc1C)oc1c(-c3cc4c(cn3)nc3c(C)c(C)sn34)[c-]ccc12.[2H]C([2H])([2H])c1ccc(-c2[c-]cccc2)nc1.[Ir]. The van der Waals surface area contributed by atoms with Crippen molar-refractivity contribution in [1.82, 2.24) is 23.7 Å². The smallest absolute Gasteiger partial charge is 0.216 e. The maximum atomic E-state index is 7.23. The van der Waals surface area contributed by atoms with Gasteiger partial charge < -0.3 is 14.4 Å². The molecule has 0 aliphatic heterocycles. The number of nitrogens with zero attached hydrogens (tertiary/aromatic N) is 5. The third kappa shape index (κ3) is 5.16. The van der Waals surface area contributed by atoms with E-state index in [1.807, 2.05) is 43.5 Å². The third-order valence-corrected chi connectivity index (χ3v) is 8.60. The van der Waals surface area contributed by atoms with Crippen molar-refractivity contribution in [2.24, 2.45) is 0 Å². The molecule has 8 aromatic rings. The van der Waals surface area contributed by atoms with Crippen molar-refractivity contribution in [3.05, 3.63) is 112 Å². The van der Waals surface area contributed by atoms with Gasteiger partial charge in [0.25, 0.3) is 0 Å². The van der Waals surface area contributed by atoms with Crippen LogP contribution < -0.4 is 0 Å². The monoisotopic (exact) mass is 761 g/mol. The molecular formula is C35H27IrN5OS-2. The van der Waals surface area contributed by atoms with E-state index in [-0.39, 0.29) is 25.7 Å². The van der Waals surface area contributed by atoms with Gasteiger partial charge in [-0.3, -0.25) is 0 Å². The van der Waals surface area contributed by atoms with E-state index in [2.05, 4.69) is 63.8 Å². The van der Waals surface area contributed by atoms with Crippen LogP contribution in [-0.2, 0) is 20.1 Å². The molecule has 0 unspecified atom stereocenters. The van der Waals surface area contributed by atoms with Gasteiger partial charge in [0, 0.05) is 58.1 Å². The molecule has 0 bridgehead atoms. The predicted octanol–water partition coefficient (Wildman–Crippen LogP) is 8.79. The summed E-state index contributed by atoms with van der Waals surface area (Å²) in [6, 6.07) is 25.3. The number of imidazole rings is 1. The summed E-state index contributed by atoms with van der Waals surface area (Å²) in [6.45, 7) is 6.22. The molecular weight excluding hydrogens is 731 g/mol. The summed E-state index contributed by atoms with van der Waals surface area (Å²) in [5, 5.41) is 2.06. The number of hydrogen-bond donors (Lipinski definition) is 0. The van der Waals surface area contributed by atoms with Crippen LogP contribution in [0.4, 0.5) is 0 Å². The molecule has 1 radical (unpaired) electrons. The van der Waals surface area contributed by atoms with Gasteiger partial charge in [-0.25, -0.2) is 13.8 Å². The van der Waals surface area contributed by atoms with Gasteiger partial charge in [-0.05, 0) is 63.1 Å². The second kappa shape index (κ2) is 11.5. The zero-order valence-corrected chi connectivity index (χ0v) is 27.0. The van der Waals surface area contributed by atoms with E-state index in [1.165, 1.54) is 16.6 Å². The van der Waals surface area contributed by atoms with Crippen LogP contribution in [0.3, 0.4) is 0 Å². The van der Waals surface area contributed by atoms with Crippen molar-refractivity contribution in [3.63, 3.8) is 0 Å². The van der Waals surface area contributed by atoms with E-state index < -0.39 is 6.85 Å². The fourth-order valence-corrected chi connectivity index (χ4v) is 5.95. The number of hydrogen-bond acceptors (Lipinski definition) is 6. The third-order valence-electron chi connectivity index (χ3n) is 7.47. The summed E-state index contributed by atoms with van der Waals surface area (Å²) in [5.41, 5.74) is 11.2. The van der Waals surface area contributed by atoms with Crippen LogP contribution in [0.1, 0.15) is 31.4 Å². The number of fused-ring (bicyclic) bond motifs is 6. The van der Waals surface area contributed by atoms with Gasteiger partial charge in [-0.2, -0.15) is 0 Å². The topological polar surface area (TPSA) is 69.1 Å². The largest absolute Gasteiger partial charge is 0.486 e. The molecule has 0 aliphatic carbocycles. The Balaban J connectivity index is 0.000000187. The number of rotatable bonds is 2. The average molecular weight is 761 g/mol. The second-order valence-corrected chi connectivity index (χ2v) is 11.4. The summed E-state index contributed by atoms with van der Waals surface area (Å²) in [6.07, 6.45) is 3.23. The molecule has 0 saturated carbocycles. The van der Waals surface area contributed by atoms with E-state index >= 15 is 0 Å². The fraction of sp³-hybridized carbons (Fsp3) is 0.143. The molecule has 43 heavy (non-hydrogen) atoms. The van der Waals surface area contributed by atoms with Gasteiger partial charge in [-0.15, -0.1) is 54.1 Å². The minimum Gasteiger partial charge on any atom is -0.486 e. The molecule has 0 amide bonds.